The van der Waals surface area contributed by atoms with E-state index in [0.29, 0.717) is 6.42 Å². The van der Waals surface area contributed by atoms with Crippen molar-refractivity contribution in [2.45, 2.75) is 39.2 Å². The number of aliphatic imine (C=N–C) groups is 1. The average Bonchev–Trinajstić information content (AvgIpc) is 3.00. The van der Waals surface area contributed by atoms with Crippen LogP contribution in [0.3, 0.4) is 0 Å². The zero-order valence-electron chi connectivity index (χ0n) is 14.9. The SMILES string of the molecule is CCCCN(C)C(=NC)NCc1ccc(N2CCCC2=O)cc1.I. The fraction of sp³-hybridized carbons (Fsp3) is 0.556. The van der Waals surface area contributed by atoms with Crippen molar-refractivity contribution in [1.82, 2.24) is 10.2 Å². The highest BCUT2D eigenvalue weighted by Gasteiger charge is 2.21. The molecule has 1 amide bonds. The Balaban J connectivity index is 0.00000288. The molecule has 1 heterocycles. The zero-order chi connectivity index (χ0) is 16.7. The smallest absolute Gasteiger partial charge is 0.227 e. The van der Waals surface area contributed by atoms with Crippen LogP contribution in [0, 0.1) is 0 Å². The highest BCUT2D eigenvalue weighted by molar-refractivity contribution is 14.0. The van der Waals surface area contributed by atoms with Gasteiger partial charge < -0.3 is 15.1 Å². The Labute approximate surface area is 162 Å². The van der Waals surface area contributed by atoms with Gasteiger partial charge >= 0.3 is 0 Å². The van der Waals surface area contributed by atoms with Gasteiger partial charge in [0.1, 0.15) is 0 Å². The molecule has 1 aliphatic heterocycles. The summed E-state index contributed by atoms with van der Waals surface area (Å²) in [5.74, 6) is 1.14. The van der Waals surface area contributed by atoms with Crippen LogP contribution in [0.25, 0.3) is 0 Å². The van der Waals surface area contributed by atoms with E-state index in [2.05, 4.69) is 41.3 Å². The van der Waals surface area contributed by atoms with Crippen molar-refractivity contribution in [3.8, 4) is 0 Å². The molecule has 0 spiro atoms. The first-order valence-electron chi connectivity index (χ1n) is 8.46. The van der Waals surface area contributed by atoms with Gasteiger partial charge in [-0.25, -0.2) is 0 Å². The van der Waals surface area contributed by atoms with Crippen molar-refractivity contribution in [2.24, 2.45) is 4.99 Å². The standard InChI is InChI=1S/C18H28N4O.HI/c1-4-5-12-21(3)18(19-2)20-14-15-8-10-16(11-9-15)22-13-6-7-17(22)23;/h8-11H,4-7,12-14H2,1-3H3,(H,19,20);1H. The first-order chi connectivity index (χ1) is 11.2. The van der Waals surface area contributed by atoms with Crippen LogP contribution in [0.15, 0.2) is 29.3 Å². The molecule has 24 heavy (non-hydrogen) atoms. The van der Waals surface area contributed by atoms with Crippen LogP contribution in [0.1, 0.15) is 38.2 Å². The number of hydrogen-bond acceptors (Lipinski definition) is 2. The first kappa shape index (κ1) is 20.7. The van der Waals surface area contributed by atoms with E-state index in [4.69, 9.17) is 0 Å². The predicted molar refractivity (Wildman–Crippen MR) is 111 cm³/mol. The van der Waals surface area contributed by atoms with Crippen LogP contribution in [0.4, 0.5) is 5.69 Å². The molecule has 1 saturated heterocycles. The average molecular weight is 444 g/mol. The molecule has 1 N–H and O–H groups in total. The number of anilines is 1. The van der Waals surface area contributed by atoms with E-state index in [1.165, 1.54) is 12.0 Å². The number of nitrogens with zero attached hydrogens (tertiary/aromatic N) is 3. The largest absolute Gasteiger partial charge is 0.352 e. The molecule has 1 fully saturated rings. The van der Waals surface area contributed by atoms with Gasteiger partial charge in [-0.1, -0.05) is 25.5 Å². The highest BCUT2D eigenvalue weighted by Crippen LogP contribution is 2.21. The molecule has 0 atom stereocenters. The maximum Gasteiger partial charge on any atom is 0.227 e. The highest BCUT2D eigenvalue weighted by atomic mass is 127. The Bertz CT molecular complexity index is 544. The Hall–Kier alpha value is -1.31. The van der Waals surface area contributed by atoms with Gasteiger partial charge in [-0.15, -0.1) is 24.0 Å². The summed E-state index contributed by atoms with van der Waals surface area (Å²) >= 11 is 0. The van der Waals surface area contributed by atoms with Crippen LogP contribution >= 0.6 is 24.0 Å². The van der Waals surface area contributed by atoms with Gasteiger partial charge in [-0.05, 0) is 30.5 Å². The second-order valence-electron chi connectivity index (χ2n) is 5.99. The van der Waals surface area contributed by atoms with Crippen molar-refractivity contribution in [3.63, 3.8) is 0 Å². The van der Waals surface area contributed by atoms with E-state index in [1.807, 2.05) is 24.1 Å². The summed E-state index contributed by atoms with van der Waals surface area (Å²) in [4.78, 5) is 20.1. The maximum absolute atomic E-state index is 11.8. The van der Waals surface area contributed by atoms with Gasteiger partial charge in [0.15, 0.2) is 5.96 Å². The Morgan fingerprint density at radius 3 is 2.58 bits per heavy atom. The third-order valence-electron chi connectivity index (χ3n) is 4.19. The van der Waals surface area contributed by atoms with Crippen molar-refractivity contribution in [2.75, 3.05) is 32.1 Å². The molecule has 0 saturated carbocycles. The van der Waals surface area contributed by atoms with E-state index >= 15 is 0 Å². The van der Waals surface area contributed by atoms with Gasteiger partial charge in [0, 0.05) is 45.8 Å². The monoisotopic (exact) mass is 444 g/mol. The van der Waals surface area contributed by atoms with Crippen molar-refractivity contribution >= 4 is 41.5 Å². The lowest BCUT2D eigenvalue weighted by Gasteiger charge is -2.22. The fourth-order valence-corrected chi connectivity index (χ4v) is 2.78. The number of guanidine groups is 1. The predicted octanol–water partition coefficient (Wildman–Crippen LogP) is 3.24. The molecule has 5 nitrogen and oxygen atoms in total. The lowest BCUT2D eigenvalue weighted by Crippen LogP contribution is -2.38. The van der Waals surface area contributed by atoms with Gasteiger partial charge in [-0.3, -0.25) is 9.79 Å². The van der Waals surface area contributed by atoms with E-state index in [1.54, 1.807) is 0 Å². The minimum absolute atomic E-state index is 0. The number of carbonyl (C=O) groups is 1. The molecule has 134 valence electrons. The summed E-state index contributed by atoms with van der Waals surface area (Å²) in [5, 5.41) is 3.39. The number of unbranched alkanes of at least 4 members (excludes halogenated alkanes) is 1. The van der Waals surface area contributed by atoms with Gasteiger partial charge in [0.05, 0.1) is 0 Å². The molecule has 1 aromatic rings. The first-order valence-corrected chi connectivity index (χ1v) is 8.46. The Kier molecular flexibility index (Phi) is 9.10. The molecule has 0 bridgehead atoms. The van der Waals surface area contributed by atoms with Crippen LogP contribution in [-0.2, 0) is 11.3 Å². The molecule has 1 aliphatic rings. The second kappa shape index (κ2) is 10.5. The number of benzene rings is 1. The third kappa shape index (κ3) is 5.65. The zero-order valence-corrected chi connectivity index (χ0v) is 17.2. The number of hydrogen-bond donors (Lipinski definition) is 1. The van der Waals surface area contributed by atoms with Crippen LogP contribution in [-0.4, -0.2) is 44.0 Å². The Morgan fingerprint density at radius 1 is 1.33 bits per heavy atom. The fourth-order valence-electron chi connectivity index (χ4n) is 2.78. The van der Waals surface area contributed by atoms with Crippen LogP contribution in [0.2, 0.25) is 0 Å². The summed E-state index contributed by atoms with van der Waals surface area (Å²) in [6.45, 7) is 4.77. The lowest BCUT2D eigenvalue weighted by molar-refractivity contribution is -0.117. The molecule has 0 unspecified atom stereocenters. The summed E-state index contributed by atoms with van der Waals surface area (Å²) < 4.78 is 0. The van der Waals surface area contributed by atoms with E-state index in [0.717, 1.165) is 44.1 Å². The summed E-state index contributed by atoms with van der Waals surface area (Å²) in [6.07, 6.45) is 3.97. The molecule has 0 radical (unpaired) electrons. The van der Waals surface area contributed by atoms with Crippen molar-refractivity contribution in [3.05, 3.63) is 29.8 Å². The number of nitrogens with one attached hydrogen (secondary N) is 1. The molecular weight excluding hydrogens is 415 g/mol. The topological polar surface area (TPSA) is 47.9 Å². The molecule has 0 aromatic heterocycles. The van der Waals surface area contributed by atoms with Gasteiger partial charge in [0.25, 0.3) is 0 Å². The summed E-state index contributed by atoms with van der Waals surface area (Å²) in [5.41, 5.74) is 2.19. The van der Waals surface area contributed by atoms with E-state index in [-0.39, 0.29) is 29.9 Å². The van der Waals surface area contributed by atoms with Gasteiger partial charge in [0.2, 0.25) is 5.91 Å². The molecule has 1 aromatic carbocycles. The molecule has 6 heteroatoms. The molecule has 0 aliphatic carbocycles. The molecule has 2 rings (SSSR count). The van der Waals surface area contributed by atoms with E-state index in [9.17, 15) is 4.79 Å². The quantitative estimate of drug-likeness (QED) is 0.417. The molecular formula is C18H29IN4O. The summed E-state index contributed by atoms with van der Waals surface area (Å²) in [6, 6.07) is 8.22. The number of carbonyl (C=O) groups excluding carboxylic acids is 1. The third-order valence-corrected chi connectivity index (χ3v) is 4.19. The number of rotatable bonds is 6. The van der Waals surface area contributed by atoms with Gasteiger partial charge in [-0.2, -0.15) is 0 Å². The number of amides is 1. The minimum Gasteiger partial charge on any atom is -0.352 e. The summed E-state index contributed by atoms with van der Waals surface area (Å²) in [7, 11) is 3.87. The van der Waals surface area contributed by atoms with Crippen LogP contribution < -0.4 is 10.2 Å². The second-order valence-corrected chi connectivity index (χ2v) is 5.99. The van der Waals surface area contributed by atoms with E-state index < -0.39 is 0 Å². The van der Waals surface area contributed by atoms with Crippen LogP contribution in [0.5, 0.6) is 0 Å². The minimum atomic E-state index is 0. The Morgan fingerprint density at radius 2 is 2.04 bits per heavy atom. The number of halogens is 1. The normalized spacial score (nSPS) is 14.5. The maximum atomic E-state index is 11.8. The van der Waals surface area contributed by atoms with Crippen molar-refractivity contribution < 1.29 is 4.79 Å². The lowest BCUT2D eigenvalue weighted by atomic mass is 10.2. The van der Waals surface area contributed by atoms with Crippen molar-refractivity contribution in [1.29, 1.82) is 0 Å².